The van der Waals surface area contributed by atoms with E-state index in [1.54, 1.807) is 4.90 Å². The molecule has 0 aliphatic carbocycles. The number of aryl methyl sites for hydroxylation is 1. The Bertz CT molecular complexity index is 380. The number of hydrogen-bond donors (Lipinski definition) is 2. The number of aliphatic hydroxyl groups is 1. The summed E-state index contributed by atoms with van der Waals surface area (Å²) in [5.74, 6) is 0. The molecule has 2 N–H and O–H groups in total. The van der Waals surface area contributed by atoms with E-state index in [9.17, 15) is 9.90 Å². The van der Waals surface area contributed by atoms with Crippen LogP contribution in [0.3, 0.4) is 0 Å². The highest BCUT2D eigenvalue weighted by Gasteiger charge is 2.22. The van der Waals surface area contributed by atoms with Gasteiger partial charge in [-0.1, -0.05) is 0 Å². The number of amides is 2. The van der Waals surface area contributed by atoms with Crippen molar-refractivity contribution in [2.24, 2.45) is 0 Å². The second kappa shape index (κ2) is 4.80. The van der Waals surface area contributed by atoms with Gasteiger partial charge in [-0.25, -0.2) is 9.78 Å². The maximum atomic E-state index is 11.8. The molecule has 0 spiro atoms. The molecule has 0 saturated carbocycles. The van der Waals surface area contributed by atoms with Gasteiger partial charge in [0, 0.05) is 18.5 Å². The molecule has 16 heavy (non-hydrogen) atoms. The summed E-state index contributed by atoms with van der Waals surface area (Å²) in [6.45, 7) is 3.00. The van der Waals surface area contributed by atoms with Gasteiger partial charge in [-0.05, 0) is 19.8 Å². The SMILES string of the molecule is Cc1csc(NC(=O)N2CCCC(O)C2)n1. The van der Waals surface area contributed by atoms with Crippen molar-refractivity contribution >= 4 is 22.5 Å². The molecule has 1 atom stereocenters. The highest BCUT2D eigenvalue weighted by atomic mass is 32.1. The van der Waals surface area contributed by atoms with E-state index in [4.69, 9.17) is 0 Å². The molecule has 1 aliphatic rings. The smallest absolute Gasteiger partial charge is 0.323 e. The van der Waals surface area contributed by atoms with Crippen molar-refractivity contribution in [1.82, 2.24) is 9.88 Å². The van der Waals surface area contributed by atoms with Gasteiger partial charge >= 0.3 is 6.03 Å². The number of nitrogens with one attached hydrogen (secondary N) is 1. The molecule has 2 heterocycles. The minimum absolute atomic E-state index is 0.173. The lowest BCUT2D eigenvalue weighted by Crippen LogP contribution is -2.44. The van der Waals surface area contributed by atoms with E-state index >= 15 is 0 Å². The lowest BCUT2D eigenvalue weighted by atomic mass is 10.1. The van der Waals surface area contributed by atoms with E-state index in [1.165, 1.54) is 11.3 Å². The molecule has 1 aromatic rings. The minimum atomic E-state index is -0.391. The van der Waals surface area contributed by atoms with E-state index in [0.29, 0.717) is 18.2 Å². The van der Waals surface area contributed by atoms with Gasteiger partial charge in [-0.2, -0.15) is 0 Å². The van der Waals surface area contributed by atoms with Gasteiger partial charge in [-0.15, -0.1) is 11.3 Å². The van der Waals surface area contributed by atoms with E-state index in [0.717, 1.165) is 18.5 Å². The number of piperidine rings is 1. The minimum Gasteiger partial charge on any atom is -0.391 e. The average Bonchev–Trinajstić information content (AvgIpc) is 2.64. The molecule has 88 valence electrons. The average molecular weight is 241 g/mol. The van der Waals surface area contributed by atoms with Gasteiger partial charge in [-0.3, -0.25) is 5.32 Å². The first-order chi connectivity index (χ1) is 7.65. The Hall–Kier alpha value is -1.14. The van der Waals surface area contributed by atoms with Crippen molar-refractivity contribution in [2.45, 2.75) is 25.9 Å². The highest BCUT2D eigenvalue weighted by Crippen LogP contribution is 2.16. The molecule has 5 nitrogen and oxygen atoms in total. The predicted octanol–water partition coefficient (Wildman–Crippen LogP) is 1.44. The van der Waals surface area contributed by atoms with Crippen LogP contribution in [0.25, 0.3) is 0 Å². The monoisotopic (exact) mass is 241 g/mol. The van der Waals surface area contributed by atoms with Crippen LogP contribution in [0.1, 0.15) is 18.5 Å². The molecule has 0 radical (unpaired) electrons. The maximum Gasteiger partial charge on any atom is 0.323 e. The van der Waals surface area contributed by atoms with Crippen LogP contribution in [0.15, 0.2) is 5.38 Å². The molecule has 2 rings (SSSR count). The van der Waals surface area contributed by atoms with Gasteiger partial charge in [0.2, 0.25) is 0 Å². The summed E-state index contributed by atoms with van der Waals surface area (Å²) in [6, 6.07) is -0.173. The fourth-order valence-corrected chi connectivity index (χ4v) is 2.40. The number of aliphatic hydroxyl groups excluding tert-OH is 1. The molecular weight excluding hydrogens is 226 g/mol. The van der Waals surface area contributed by atoms with Gasteiger partial charge in [0.25, 0.3) is 0 Å². The summed E-state index contributed by atoms with van der Waals surface area (Å²) in [4.78, 5) is 17.6. The Kier molecular flexibility index (Phi) is 3.40. The molecule has 6 heteroatoms. The molecule has 1 fully saturated rings. The number of urea groups is 1. The molecule has 1 aliphatic heterocycles. The summed E-state index contributed by atoms with van der Waals surface area (Å²) >= 11 is 1.41. The van der Waals surface area contributed by atoms with E-state index in [2.05, 4.69) is 10.3 Å². The number of hydrogen-bond acceptors (Lipinski definition) is 4. The van der Waals surface area contributed by atoms with E-state index < -0.39 is 6.10 Å². The number of likely N-dealkylation sites (tertiary alicyclic amines) is 1. The molecule has 0 aromatic carbocycles. The third-order valence-electron chi connectivity index (χ3n) is 2.52. The Labute approximate surface area is 98.1 Å². The van der Waals surface area contributed by atoms with Crippen LogP contribution in [0.5, 0.6) is 0 Å². The fraction of sp³-hybridized carbons (Fsp3) is 0.600. The molecule has 0 bridgehead atoms. The zero-order valence-electron chi connectivity index (χ0n) is 9.14. The summed E-state index contributed by atoms with van der Waals surface area (Å²) in [6.07, 6.45) is 1.24. The normalized spacial score (nSPS) is 20.9. The van der Waals surface area contributed by atoms with Crippen LogP contribution in [-0.4, -0.2) is 40.2 Å². The fourth-order valence-electron chi connectivity index (χ4n) is 1.72. The quantitative estimate of drug-likeness (QED) is 0.782. The third-order valence-corrected chi connectivity index (χ3v) is 3.39. The van der Waals surface area contributed by atoms with E-state index in [1.807, 2.05) is 12.3 Å². The highest BCUT2D eigenvalue weighted by molar-refractivity contribution is 7.13. The Morgan fingerprint density at radius 3 is 3.19 bits per heavy atom. The third kappa shape index (κ3) is 2.70. The largest absolute Gasteiger partial charge is 0.391 e. The van der Waals surface area contributed by atoms with E-state index in [-0.39, 0.29) is 6.03 Å². The van der Waals surface area contributed by atoms with Gasteiger partial charge in [0.15, 0.2) is 5.13 Å². The van der Waals surface area contributed by atoms with Crippen molar-refractivity contribution in [3.8, 4) is 0 Å². The van der Waals surface area contributed by atoms with Crippen LogP contribution < -0.4 is 5.32 Å². The van der Waals surface area contributed by atoms with Gasteiger partial charge < -0.3 is 10.0 Å². The van der Waals surface area contributed by atoms with Crippen molar-refractivity contribution in [3.05, 3.63) is 11.1 Å². The molecule has 2 amide bonds. The lowest BCUT2D eigenvalue weighted by Gasteiger charge is -2.29. The first-order valence-electron chi connectivity index (χ1n) is 5.31. The second-order valence-electron chi connectivity index (χ2n) is 3.97. The van der Waals surface area contributed by atoms with Crippen LogP contribution in [0.2, 0.25) is 0 Å². The number of β-amino-alcohol motifs (C(OH)–C–C–N with tert-alkyl or cyclic N) is 1. The van der Waals surface area contributed by atoms with Crippen LogP contribution in [-0.2, 0) is 0 Å². The summed E-state index contributed by atoms with van der Waals surface area (Å²) in [7, 11) is 0. The molecule has 1 unspecified atom stereocenters. The lowest BCUT2D eigenvalue weighted by molar-refractivity contribution is 0.0883. The zero-order chi connectivity index (χ0) is 11.5. The Morgan fingerprint density at radius 2 is 2.56 bits per heavy atom. The van der Waals surface area contributed by atoms with Gasteiger partial charge in [0.05, 0.1) is 11.8 Å². The first kappa shape index (κ1) is 11.3. The number of carbonyl (C=O) groups excluding carboxylic acids is 1. The van der Waals surface area contributed by atoms with Crippen molar-refractivity contribution in [2.75, 3.05) is 18.4 Å². The standard InChI is InChI=1S/C10H15N3O2S/c1-7-6-16-9(11-7)12-10(15)13-4-2-3-8(14)5-13/h6,8,14H,2-5H2,1H3,(H,11,12,15). The van der Waals surface area contributed by atoms with Crippen LogP contribution in [0.4, 0.5) is 9.93 Å². The Balaban J connectivity index is 1.92. The number of carbonyl (C=O) groups is 1. The molecule has 1 aromatic heterocycles. The Morgan fingerprint density at radius 1 is 1.75 bits per heavy atom. The van der Waals surface area contributed by atoms with Crippen molar-refractivity contribution in [1.29, 1.82) is 0 Å². The van der Waals surface area contributed by atoms with Crippen LogP contribution >= 0.6 is 11.3 Å². The van der Waals surface area contributed by atoms with Crippen LogP contribution in [0, 0.1) is 6.92 Å². The first-order valence-corrected chi connectivity index (χ1v) is 6.19. The zero-order valence-corrected chi connectivity index (χ0v) is 9.96. The van der Waals surface area contributed by atoms with Crippen molar-refractivity contribution < 1.29 is 9.90 Å². The number of rotatable bonds is 1. The number of nitrogens with zero attached hydrogens (tertiary/aromatic N) is 2. The molecule has 1 saturated heterocycles. The van der Waals surface area contributed by atoms with Crippen molar-refractivity contribution in [3.63, 3.8) is 0 Å². The molecular formula is C10H15N3O2S. The summed E-state index contributed by atoms with van der Waals surface area (Å²) in [5, 5.41) is 14.7. The topological polar surface area (TPSA) is 65.5 Å². The second-order valence-corrected chi connectivity index (χ2v) is 4.82. The summed E-state index contributed by atoms with van der Waals surface area (Å²) in [5.41, 5.74) is 0.902. The van der Waals surface area contributed by atoms with Gasteiger partial charge in [0.1, 0.15) is 0 Å². The number of aromatic nitrogens is 1. The maximum absolute atomic E-state index is 11.8. The number of thiazole rings is 1. The predicted molar refractivity (Wildman–Crippen MR) is 62.7 cm³/mol. The number of anilines is 1. The summed E-state index contributed by atoms with van der Waals surface area (Å²) < 4.78 is 0.